The number of hydrogen-bond acceptors (Lipinski definition) is 2. The van der Waals surface area contributed by atoms with Crippen LogP contribution < -0.4 is 0 Å². The van der Waals surface area contributed by atoms with Crippen LogP contribution in [-0.2, 0) is 9.53 Å². The second-order valence-corrected chi connectivity index (χ2v) is 7.44. The van der Waals surface area contributed by atoms with Gasteiger partial charge in [-0.05, 0) is 51.4 Å². The molecule has 1 fully saturated rings. The molecule has 2 nitrogen and oxygen atoms in total. The van der Waals surface area contributed by atoms with Gasteiger partial charge in [-0.3, -0.25) is 4.79 Å². The standard InChI is InChI=1S/C24H40O2/c1-2-3-4-5-6-7-8-9-10-11-12-13-14-15-19-22-24(25)26-23-20-17-16-18-21-23/h5-10,23H,2-4,11-22H2,1H3. The Hall–Kier alpha value is -1.31. The SMILES string of the molecule is CCCCC=CC=CC=CCCCCCCCC(=O)OC1CCCCC1. The zero-order valence-corrected chi connectivity index (χ0v) is 17.0. The first kappa shape index (κ1) is 22.7. The number of unbranched alkanes of at least 4 members (excludes halogenated alkanes) is 7. The second-order valence-electron chi connectivity index (χ2n) is 7.44. The van der Waals surface area contributed by atoms with Crippen molar-refractivity contribution in [3.8, 4) is 0 Å². The molecule has 1 saturated carbocycles. The summed E-state index contributed by atoms with van der Waals surface area (Å²) < 4.78 is 5.55. The van der Waals surface area contributed by atoms with Crippen LogP contribution >= 0.6 is 0 Å². The van der Waals surface area contributed by atoms with Gasteiger partial charge in [0, 0.05) is 6.42 Å². The van der Waals surface area contributed by atoms with Crippen molar-refractivity contribution in [3.63, 3.8) is 0 Å². The maximum atomic E-state index is 11.8. The van der Waals surface area contributed by atoms with Gasteiger partial charge >= 0.3 is 5.97 Å². The molecule has 148 valence electrons. The van der Waals surface area contributed by atoms with Gasteiger partial charge in [-0.2, -0.15) is 0 Å². The van der Waals surface area contributed by atoms with Crippen LogP contribution in [0.15, 0.2) is 36.5 Å². The lowest BCUT2D eigenvalue weighted by Gasteiger charge is -2.21. The number of carbonyl (C=O) groups excluding carboxylic acids is 1. The Morgan fingerprint density at radius 2 is 1.42 bits per heavy atom. The monoisotopic (exact) mass is 360 g/mol. The van der Waals surface area contributed by atoms with Gasteiger partial charge in [-0.25, -0.2) is 0 Å². The van der Waals surface area contributed by atoms with E-state index in [1.807, 2.05) is 0 Å². The summed E-state index contributed by atoms with van der Waals surface area (Å²) in [6, 6.07) is 0. The summed E-state index contributed by atoms with van der Waals surface area (Å²) >= 11 is 0. The molecule has 0 bridgehead atoms. The van der Waals surface area contributed by atoms with E-state index in [4.69, 9.17) is 4.74 Å². The van der Waals surface area contributed by atoms with Crippen molar-refractivity contribution >= 4 is 5.97 Å². The number of ether oxygens (including phenoxy) is 1. The molecule has 0 N–H and O–H groups in total. The molecule has 0 radical (unpaired) electrons. The van der Waals surface area contributed by atoms with Crippen LogP contribution in [0.25, 0.3) is 0 Å². The van der Waals surface area contributed by atoms with E-state index in [1.165, 1.54) is 57.8 Å². The normalized spacial score (nSPS) is 16.2. The number of esters is 1. The predicted octanol–water partition coefficient (Wildman–Crippen LogP) is 7.45. The van der Waals surface area contributed by atoms with Crippen LogP contribution in [0.5, 0.6) is 0 Å². The molecule has 1 rings (SSSR count). The lowest BCUT2D eigenvalue weighted by molar-refractivity contribution is -0.150. The van der Waals surface area contributed by atoms with Crippen molar-refractivity contribution in [2.45, 2.75) is 109 Å². The van der Waals surface area contributed by atoms with E-state index >= 15 is 0 Å². The van der Waals surface area contributed by atoms with E-state index in [1.54, 1.807) is 0 Å². The summed E-state index contributed by atoms with van der Waals surface area (Å²) in [5.41, 5.74) is 0. The van der Waals surface area contributed by atoms with Gasteiger partial charge in [0.1, 0.15) is 6.10 Å². The highest BCUT2D eigenvalue weighted by atomic mass is 16.5. The molecule has 0 heterocycles. The molecule has 0 saturated heterocycles. The van der Waals surface area contributed by atoms with Crippen molar-refractivity contribution in [2.75, 3.05) is 0 Å². The molecule has 0 aromatic heterocycles. The highest BCUT2D eigenvalue weighted by Gasteiger charge is 2.17. The molecule has 0 atom stereocenters. The van der Waals surface area contributed by atoms with Crippen LogP contribution in [0.2, 0.25) is 0 Å². The maximum absolute atomic E-state index is 11.8. The van der Waals surface area contributed by atoms with E-state index in [0.717, 1.165) is 32.1 Å². The molecule has 0 aromatic rings. The van der Waals surface area contributed by atoms with Gasteiger partial charge in [-0.15, -0.1) is 0 Å². The van der Waals surface area contributed by atoms with Gasteiger partial charge in [0.05, 0.1) is 0 Å². The molecule has 1 aliphatic rings. The largest absolute Gasteiger partial charge is 0.462 e. The molecule has 1 aliphatic carbocycles. The number of carbonyl (C=O) groups is 1. The Bertz CT molecular complexity index is 414. The van der Waals surface area contributed by atoms with E-state index in [9.17, 15) is 4.79 Å². The van der Waals surface area contributed by atoms with Crippen LogP contribution in [0, 0.1) is 0 Å². The molecule has 0 aromatic carbocycles. The van der Waals surface area contributed by atoms with Crippen LogP contribution in [-0.4, -0.2) is 12.1 Å². The van der Waals surface area contributed by atoms with Gasteiger partial charge in [0.2, 0.25) is 0 Å². The van der Waals surface area contributed by atoms with Crippen molar-refractivity contribution in [2.24, 2.45) is 0 Å². The third-order valence-corrected chi connectivity index (χ3v) is 4.93. The van der Waals surface area contributed by atoms with Crippen molar-refractivity contribution in [1.82, 2.24) is 0 Å². The minimum absolute atomic E-state index is 0.0235. The summed E-state index contributed by atoms with van der Waals surface area (Å²) in [5, 5.41) is 0. The first-order valence-corrected chi connectivity index (χ1v) is 11.0. The lowest BCUT2D eigenvalue weighted by Crippen LogP contribution is -2.20. The summed E-state index contributed by atoms with van der Waals surface area (Å²) in [6.07, 6.45) is 30.4. The second kappa shape index (κ2) is 17.1. The van der Waals surface area contributed by atoms with Crippen molar-refractivity contribution < 1.29 is 9.53 Å². The number of hydrogen-bond donors (Lipinski definition) is 0. The molecule has 26 heavy (non-hydrogen) atoms. The Morgan fingerprint density at radius 1 is 0.808 bits per heavy atom. The smallest absolute Gasteiger partial charge is 0.306 e. The average molecular weight is 361 g/mol. The fourth-order valence-corrected chi connectivity index (χ4v) is 3.29. The molecule has 0 spiro atoms. The first-order valence-electron chi connectivity index (χ1n) is 11.0. The first-order chi connectivity index (χ1) is 12.8. The molecular weight excluding hydrogens is 320 g/mol. The molecule has 0 amide bonds. The van der Waals surface area contributed by atoms with Crippen LogP contribution in [0.3, 0.4) is 0 Å². The number of allylic oxidation sites excluding steroid dienone is 6. The fraction of sp³-hybridized carbons (Fsp3) is 0.708. The lowest BCUT2D eigenvalue weighted by atomic mass is 9.98. The molecule has 0 aliphatic heterocycles. The predicted molar refractivity (Wildman–Crippen MR) is 112 cm³/mol. The van der Waals surface area contributed by atoms with E-state index in [-0.39, 0.29) is 12.1 Å². The third-order valence-electron chi connectivity index (χ3n) is 4.93. The van der Waals surface area contributed by atoms with E-state index in [0.29, 0.717) is 6.42 Å². The topological polar surface area (TPSA) is 26.3 Å². The van der Waals surface area contributed by atoms with Crippen LogP contribution in [0.4, 0.5) is 0 Å². The Labute approximate surface area is 161 Å². The van der Waals surface area contributed by atoms with Crippen molar-refractivity contribution in [1.29, 1.82) is 0 Å². The van der Waals surface area contributed by atoms with Gasteiger partial charge < -0.3 is 4.74 Å². The minimum Gasteiger partial charge on any atom is -0.462 e. The minimum atomic E-state index is 0.0235. The van der Waals surface area contributed by atoms with Gasteiger partial charge in [-0.1, -0.05) is 81.9 Å². The maximum Gasteiger partial charge on any atom is 0.306 e. The molecule has 0 unspecified atom stereocenters. The van der Waals surface area contributed by atoms with E-state index in [2.05, 4.69) is 43.4 Å². The Morgan fingerprint density at radius 3 is 2.12 bits per heavy atom. The summed E-state index contributed by atoms with van der Waals surface area (Å²) in [4.78, 5) is 11.8. The highest BCUT2D eigenvalue weighted by molar-refractivity contribution is 5.69. The Balaban J connectivity index is 1.86. The van der Waals surface area contributed by atoms with Gasteiger partial charge in [0.15, 0.2) is 0 Å². The Kier molecular flexibility index (Phi) is 15.0. The highest BCUT2D eigenvalue weighted by Crippen LogP contribution is 2.21. The van der Waals surface area contributed by atoms with Gasteiger partial charge in [0.25, 0.3) is 0 Å². The number of rotatable bonds is 14. The zero-order chi connectivity index (χ0) is 18.7. The summed E-state index contributed by atoms with van der Waals surface area (Å²) in [5.74, 6) is 0.0235. The average Bonchev–Trinajstić information content (AvgIpc) is 2.65. The third kappa shape index (κ3) is 13.9. The van der Waals surface area contributed by atoms with Crippen LogP contribution in [0.1, 0.15) is 103 Å². The molecular formula is C24H40O2. The molecule has 2 heteroatoms. The zero-order valence-electron chi connectivity index (χ0n) is 17.0. The van der Waals surface area contributed by atoms with E-state index < -0.39 is 0 Å². The quantitative estimate of drug-likeness (QED) is 0.183. The fourth-order valence-electron chi connectivity index (χ4n) is 3.29. The van der Waals surface area contributed by atoms with Crippen molar-refractivity contribution in [3.05, 3.63) is 36.5 Å². The summed E-state index contributed by atoms with van der Waals surface area (Å²) in [6.45, 7) is 2.22. The summed E-state index contributed by atoms with van der Waals surface area (Å²) in [7, 11) is 0.